The van der Waals surface area contributed by atoms with Crippen molar-refractivity contribution in [3.05, 3.63) is 60.8 Å². The highest BCUT2D eigenvalue weighted by atomic mass is 16.7. The summed E-state index contributed by atoms with van der Waals surface area (Å²) in [7, 11) is 5.94. The zero-order valence-electron chi connectivity index (χ0n) is 53.9. The van der Waals surface area contributed by atoms with Gasteiger partial charge in [0.2, 0.25) is 0 Å². The highest BCUT2D eigenvalue weighted by Gasteiger charge is 2.22. The molecule has 0 saturated heterocycles. The lowest BCUT2D eigenvalue weighted by atomic mass is 10.0. The fraction of sp³-hybridized carbons (Fsp3) is 0.819. The normalized spacial score (nSPS) is 13.0. The number of hydrogen-bond donors (Lipinski definition) is 0. The molecule has 2 unspecified atom stereocenters. The van der Waals surface area contributed by atoms with Crippen LogP contribution in [0.5, 0.6) is 0 Å². The first-order valence-corrected chi connectivity index (χ1v) is 34.4. The van der Waals surface area contributed by atoms with Gasteiger partial charge in [0.15, 0.2) is 12.4 Å². The second-order valence-corrected chi connectivity index (χ2v) is 24.4. The Kier molecular flexibility index (Phi) is 60.7. The summed E-state index contributed by atoms with van der Waals surface area (Å²) in [5, 5.41) is 11.8. The van der Waals surface area contributed by atoms with Crippen LogP contribution in [0.25, 0.3) is 0 Å². The number of quaternary nitrogens is 1. The average molecular weight is 1140 g/mol. The van der Waals surface area contributed by atoms with Gasteiger partial charge < -0.3 is 33.3 Å². The van der Waals surface area contributed by atoms with Gasteiger partial charge in [-0.15, -0.1) is 0 Å². The van der Waals surface area contributed by atoms with Crippen LogP contribution in [0.3, 0.4) is 0 Å². The van der Waals surface area contributed by atoms with E-state index in [1.54, 1.807) is 0 Å². The maximum atomic E-state index is 12.9. The molecular formula is C72H131NO8. The monoisotopic (exact) mass is 1140 g/mol. The first kappa shape index (κ1) is 78.0. The van der Waals surface area contributed by atoms with Crippen LogP contribution in [-0.4, -0.2) is 82.3 Å². The van der Waals surface area contributed by atoms with E-state index in [1.165, 1.54) is 225 Å². The number of carboxylic acids is 1. The van der Waals surface area contributed by atoms with Crippen molar-refractivity contribution in [2.45, 2.75) is 334 Å². The molecule has 0 aliphatic rings. The molecule has 0 N–H and O–H groups in total. The first-order valence-electron chi connectivity index (χ1n) is 34.4. The number of rotatable bonds is 64. The van der Waals surface area contributed by atoms with Crippen molar-refractivity contribution in [1.29, 1.82) is 0 Å². The molecule has 0 aromatic carbocycles. The zero-order valence-corrected chi connectivity index (χ0v) is 53.9. The molecule has 472 valence electrons. The van der Waals surface area contributed by atoms with E-state index in [2.05, 4.69) is 74.6 Å². The summed E-state index contributed by atoms with van der Waals surface area (Å²) in [4.78, 5) is 37.4. The molecule has 0 aliphatic carbocycles. The van der Waals surface area contributed by atoms with Crippen LogP contribution in [0.1, 0.15) is 322 Å². The molecule has 81 heavy (non-hydrogen) atoms. The number of unbranched alkanes of at least 4 members (excludes halogenated alkanes) is 39. The Morgan fingerprint density at radius 3 is 1.05 bits per heavy atom. The summed E-state index contributed by atoms with van der Waals surface area (Å²) in [5.74, 6) is -2.26. The summed E-state index contributed by atoms with van der Waals surface area (Å²) in [6.07, 6.45) is 78.8. The van der Waals surface area contributed by atoms with Crippen LogP contribution in [0.4, 0.5) is 0 Å². The lowest BCUT2D eigenvalue weighted by Gasteiger charge is -2.26. The van der Waals surface area contributed by atoms with Crippen LogP contribution < -0.4 is 5.11 Å². The van der Waals surface area contributed by atoms with E-state index in [1.807, 2.05) is 21.1 Å². The standard InChI is InChI=1S/C72H131NO8/c1-6-8-10-12-14-16-18-20-22-24-25-26-27-28-29-30-31-32-33-34-35-36-37-38-39-40-41-42-43-44-45-47-49-51-53-55-57-59-61-63-70(75)81-68(67-80-72(71(76)77)78-65-64-73(3,4)5)66-79-69(74)62-60-58-56-54-52-50-48-46-23-21-19-17-15-13-11-9-7-2/h8,10,14,16,20,22,25-26,28-29,68,72H,6-7,9,11-13,15,17-19,21,23-24,27,30-67H2,1-5H3/b10-8-,16-14-,22-20-,26-25-,29-28-. The predicted octanol–water partition coefficient (Wildman–Crippen LogP) is 19.8. The number of nitrogens with zero attached hydrogens (tertiary/aromatic N) is 1. The van der Waals surface area contributed by atoms with Gasteiger partial charge in [-0.05, 0) is 57.8 Å². The Bertz CT molecular complexity index is 1510. The third-order valence-corrected chi connectivity index (χ3v) is 15.3. The van der Waals surface area contributed by atoms with Crippen molar-refractivity contribution in [2.24, 2.45) is 0 Å². The lowest BCUT2D eigenvalue weighted by Crippen LogP contribution is -2.44. The van der Waals surface area contributed by atoms with Gasteiger partial charge in [0.05, 0.1) is 40.3 Å². The molecular weight excluding hydrogens is 1010 g/mol. The molecule has 0 aromatic rings. The van der Waals surface area contributed by atoms with Gasteiger partial charge in [0.25, 0.3) is 0 Å². The number of carboxylic acid groups (broad SMARTS) is 1. The van der Waals surface area contributed by atoms with E-state index in [-0.39, 0.29) is 32.2 Å². The van der Waals surface area contributed by atoms with Gasteiger partial charge in [-0.2, -0.15) is 0 Å². The van der Waals surface area contributed by atoms with Gasteiger partial charge in [0, 0.05) is 12.8 Å². The molecule has 0 radical (unpaired) electrons. The van der Waals surface area contributed by atoms with Gasteiger partial charge >= 0.3 is 11.9 Å². The number of esters is 2. The largest absolute Gasteiger partial charge is 0.545 e. The van der Waals surface area contributed by atoms with E-state index in [0.29, 0.717) is 17.4 Å². The summed E-state index contributed by atoms with van der Waals surface area (Å²) < 4.78 is 22.8. The molecule has 9 nitrogen and oxygen atoms in total. The Morgan fingerprint density at radius 2 is 0.704 bits per heavy atom. The van der Waals surface area contributed by atoms with Gasteiger partial charge in [0.1, 0.15) is 13.2 Å². The van der Waals surface area contributed by atoms with Crippen molar-refractivity contribution >= 4 is 17.9 Å². The summed E-state index contributed by atoms with van der Waals surface area (Å²) in [6, 6.07) is 0. The van der Waals surface area contributed by atoms with Crippen molar-refractivity contribution in [2.75, 3.05) is 47.5 Å². The molecule has 0 bridgehead atoms. The fourth-order valence-corrected chi connectivity index (χ4v) is 10.0. The number of aliphatic carboxylic acids is 1. The van der Waals surface area contributed by atoms with E-state index in [9.17, 15) is 19.5 Å². The van der Waals surface area contributed by atoms with Crippen LogP contribution in [0, 0.1) is 0 Å². The zero-order chi connectivity index (χ0) is 59.1. The van der Waals surface area contributed by atoms with Gasteiger partial charge in [-0.25, -0.2) is 0 Å². The number of likely N-dealkylation sites (N-methyl/N-ethyl adjacent to an activating group) is 1. The SMILES string of the molecule is CC/C=C\C/C=C\C/C=C\C/C=C\C/C=C\CCCCCCCCCCCCCCCCCCCCCCCCCC(=O)OC(COC(=O)CCCCCCCCCCCCCCCCCCC)COC(OCC[N+](C)(C)C)C(=O)[O-]. The Hall–Kier alpha value is -3.01. The van der Waals surface area contributed by atoms with Crippen molar-refractivity contribution in [3.63, 3.8) is 0 Å². The van der Waals surface area contributed by atoms with Crippen molar-refractivity contribution in [3.8, 4) is 0 Å². The van der Waals surface area contributed by atoms with E-state index in [0.717, 1.165) is 70.6 Å². The molecule has 0 rings (SSSR count). The quantitative estimate of drug-likeness (QED) is 0.0195. The number of carbonyl (C=O) groups excluding carboxylic acids is 3. The minimum Gasteiger partial charge on any atom is -0.545 e. The molecule has 0 heterocycles. The first-order chi connectivity index (χ1) is 39.6. The Labute approximate surface area is 501 Å². The van der Waals surface area contributed by atoms with Crippen LogP contribution >= 0.6 is 0 Å². The Morgan fingerprint density at radius 1 is 0.383 bits per heavy atom. The maximum absolute atomic E-state index is 12.9. The minimum absolute atomic E-state index is 0.150. The Balaban J connectivity index is 3.97. The predicted molar refractivity (Wildman–Crippen MR) is 343 cm³/mol. The number of hydrogen-bond acceptors (Lipinski definition) is 8. The second kappa shape index (κ2) is 63.0. The molecule has 2 atom stereocenters. The molecule has 0 aliphatic heterocycles. The number of carbonyl (C=O) groups is 3. The molecule has 0 amide bonds. The van der Waals surface area contributed by atoms with E-state index < -0.39 is 24.3 Å². The molecule has 0 aromatic heterocycles. The van der Waals surface area contributed by atoms with Crippen LogP contribution in [0.2, 0.25) is 0 Å². The van der Waals surface area contributed by atoms with Crippen LogP contribution in [0.15, 0.2) is 60.8 Å². The highest BCUT2D eigenvalue weighted by molar-refractivity contribution is 5.70. The summed E-state index contributed by atoms with van der Waals surface area (Å²) in [6.45, 7) is 4.69. The smallest absolute Gasteiger partial charge is 0.306 e. The minimum atomic E-state index is -1.62. The fourth-order valence-electron chi connectivity index (χ4n) is 10.0. The third-order valence-electron chi connectivity index (χ3n) is 15.3. The molecule has 0 fully saturated rings. The van der Waals surface area contributed by atoms with Crippen LogP contribution in [-0.2, 0) is 33.3 Å². The highest BCUT2D eigenvalue weighted by Crippen LogP contribution is 2.18. The molecule has 0 spiro atoms. The second-order valence-electron chi connectivity index (χ2n) is 24.4. The maximum Gasteiger partial charge on any atom is 0.306 e. The lowest BCUT2D eigenvalue weighted by molar-refractivity contribution is -0.870. The topological polar surface area (TPSA) is 111 Å². The van der Waals surface area contributed by atoms with E-state index in [4.69, 9.17) is 18.9 Å². The molecule has 9 heteroatoms. The third kappa shape index (κ3) is 64.4. The summed E-state index contributed by atoms with van der Waals surface area (Å²) >= 11 is 0. The summed E-state index contributed by atoms with van der Waals surface area (Å²) in [5.41, 5.74) is 0. The van der Waals surface area contributed by atoms with Gasteiger partial charge in [-0.3, -0.25) is 9.59 Å². The van der Waals surface area contributed by atoms with Crippen molar-refractivity contribution in [1.82, 2.24) is 0 Å². The number of allylic oxidation sites excluding steroid dienone is 10. The number of ether oxygens (including phenoxy) is 4. The van der Waals surface area contributed by atoms with E-state index >= 15 is 0 Å². The van der Waals surface area contributed by atoms with Crippen molar-refractivity contribution < 1.29 is 42.9 Å². The molecule has 0 saturated carbocycles. The average Bonchev–Trinajstić information content (AvgIpc) is 3.44. The van der Waals surface area contributed by atoms with Gasteiger partial charge in [-0.1, -0.05) is 312 Å².